The first-order chi connectivity index (χ1) is 7.18. The van der Waals surface area contributed by atoms with E-state index in [9.17, 15) is 5.11 Å². The lowest BCUT2D eigenvalue weighted by molar-refractivity contribution is 0.188. The molecule has 2 rings (SSSR count). The Hall–Kier alpha value is -1.81. The van der Waals surface area contributed by atoms with Crippen LogP contribution in [0.3, 0.4) is 0 Å². The number of aliphatic hydroxyl groups is 1. The number of rotatable bonds is 2. The molecule has 0 saturated heterocycles. The number of nitrogen functional groups attached to an aromatic ring is 1. The summed E-state index contributed by atoms with van der Waals surface area (Å²) in [6, 6.07) is 7.07. The molecule has 1 unspecified atom stereocenters. The SMILES string of the molecule is Cc1ncoc1C(O)c1cccc(N)c1. The van der Waals surface area contributed by atoms with Crippen molar-refractivity contribution in [2.75, 3.05) is 5.73 Å². The first-order valence-electron chi connectivity index (χ1n) is 4.62. The Morgan fingerprint density at radius 1 is 1.47 bits per heavy atom. The number of nitrogens with zero attached hydrogens (tertiary/aromatic N) is 1. The molecular formula is C11H12N2O2. The molecule has 78 valence electrons. The maximum absolute atomic E-state index is 10.00. The molecular weight excluding hydrogens is 192 g/mol. The molecule has 0 amide bonds. The van der Waals surface area contributed by atoms with Gasteiger partial charge < -0.3 is 15.3 Å². The van der Waals surface area contributed by atoms with E-state index in [1.165, 1.54) is 6.39 Å². The summed E-state index contributed by atoms with van der Waals surface area (Å²) < 4.78 is 5.12. The summed E-state index contributed by atoms with van der Waals surface area (Å²) >= 11 is 0. The lowest BCUT2D eigenvalue weighted by Crippen LogP contribution is -2.00. The van der Waals surface area contributed by atoms with Crippen LogP contribution < -0.4 is 5.73 Å². The van der Waals surface area contributed by atoms with Gasteiger partial charge >= 0.3 is 0 Å². The second-order valence-electron chi connectivity index (χ2n) is 3.37. The number of hydrogen-bond acceptors (Lipinski definition) is 4. The second kappa shape index (κ2) is 3.74. The molecule has 1 aromatic carbocycles. The molecule has 15 heavy (non-hydrogen) atoms. The zero-order valence-corrected chi connectivity index (χ0v) is 8.34. The molecule has 0 fully saturated rings. The van der Waals surface area contributed by atoms with Crippen LogP contribution in [0.2, 0.25) is 0 Å². The van der Waals surface area contributed by atoms with Crippen molar-refractivity contribution in [1.82, 2.24) is 4.98 Å². The Bertz CT molecular complexity index is 465. The minimum Gasteiger partial charge on any atom is -0.445 e. The van der Waals surface area contributed by atoms with E-state index in [0.717, 1.165) is 0 Å². The molecule has 0 radical (unpaired) electrons. The van der Waals surface area contributed by atoms with Gasteiger partial charge in [-0.05, 0) is 24.6 Å². The van der Waals surface area contributed by atoms with E-state index in [1.807, 2.05) is 0 Å². The van der Waals surface area contributed by atoms with Gasteiger partial charge in [-0.3, -0.25) is 0 Å². The van der Waals surface area contributed by atoms with Crippen molar-refractivity contribution in [3.05, 3.63) is 47.7 Å². The topological polar surface area (TPSA) is 72.3 Å². The summed E-state index contributed by atoms with van der Waals surface area (Å²) in [5.74, 6) is 0.459. The first-order valence-corrected chi connectivity index (χ1v) is 4.62. The highest BCUT2D eigenvalue weighted by molar-refractivity contribution is 5.42. The van der Waals surface area contributed by atoms with E-state index >= 15 is 0 Å². The van der Waals surface area contributed by atoms with Crippen LogP contribution in [0.1, 0.15) is 23.1 Å². The predicted molar refractivity (Wildman–Crippen MR) is 56.2 cm³/mol. The Morgan fingerprint density at radius 3 is 2.87 bits per heavy atom. The van der Waals surface area contributed by atoms with Gasteiger partial charge in [0.25, 0.3) is 0 Å². The van der Waals surface area contributed by atoms with Crippen molar-refractivity contribution in [3.63, 3.8) is 0 Å². The number of benzene rings is 1. The molecule has 0 saturated carbocycles. The third kappa shape index (κ3) is 1.85. The Kier molecular flexibility index (Phi) is 2.43. The molecule has 3 N–H and O–H groups in total. The molecule has 0 aliphatic carbocycles. The molecule has 1 aromatic heterocycles. The van der Waals surface area contributed by atoms with Crippen molar-refractivity contribution in [1.29, 1.82) is 0 Å². The smallest absolute Gasteiger partial charge is 0.181 e. The van der Waals surface area contributed by atoms with Crippen LogP contribution in [0.4, 0.5) is 5.69 Å². The molecule has 0 spiro atoms. The summed E-state index contributed by atoms with van der Waals surface area (Å²) in [6.07, 6.45) is 0.510. The Labute approximate surface area is 87.4 Å². The molecule has 4 heteroatoms. The van der Waals surface area contributed by atoms with Crippen molar-refractivity contribution >= 4 is 5.69 Å². The van der Waals surface area contributed by atoms with Gasteiger partial charge in [0.1, 0.15) is 6.10 Å². The van der Waals surface area contributed by atoms with Gasteiger partial charge in [0, 0.05) is 5.69 Å². The van der Waals surface area contributed by atoms with Crippen LogP contribution >= 0.6 is 0 Å². The van der Waals surface area contributed by atoms with E-state index in [4.69, 9.17) is 10.2 Å². The average molecular weight is 204 g/mol. The van der Waals surface area contributed by atoms with Gasteiger partial charge in [-0.1, -0.05) is 12.1 Å². The number of hydrogen-bond donors (Lipinski definition) is 2. The standard InChI is InChI=1S/C11H12N2O2/c1-7-11(15-6-13-7)10(14)8-3-2-4-9(12)5-8/h2-6,10,14H,12H2,1H3. The minimum absolute atomic E-state index is 0.459. The van der Waals surface area contributed by atoms with Gasteiger partial charge in [0.2, 0.25) is 0 Å². The number of oxazole rings is 1. The van der Waals surface area contributed by atoms with E-state index in [2.05, 4.69) is 4.98 Å². The number of aryl methyl sites for hydroxylation is 1. The summed E-state index contributed by atoms with van der Waals surface area (Å²) in [4.78, 5) is 3.93. The Morgan fingerprint density at radius 2 is 2.27 bits per heavy atom. The number of nitrogens with two attached hydrogens (primary N) is 1. The van der Waals surface area contributed by atoms with E-state index < -0.39 is 6.10 Å². The normalized spacial score (nSPS) is 12.7. The summed E-state index contributed by atoms with van der Waals surface area (Å²) in [6.45, 7) is 1.79. The highest BCUT2D eigenvalue weighted by atomic mass is 16.4. The molecule has 2 aromatic rings. The minimum atomic E-state index is -0.809. The van der Waals surface area contributed by atoms with Crippen LogP contribution in [0.25, 0.3) is 0 Å². The van der Waals surface area contributed by atoms with Crippen LogP contribution in [0.5, 0.6) is 0 Å². The lowest BCUT2D eigenvalue weighted by Gasteiger charge is -2.08. The highest BCUT2D eigenvalue weighted by Gasteiger charge is 2.16. The van der Waals surface area contributed by atoms with Crippen LogP contribution in [0.15, 0.2) is 35.1 Å². The molecule has 4 nitrogen and oxygen atoms in total. The highest BCUT2D eigenvalue weighted by Crippen LogP contribution is 2.25. The largest absolute Gasteiger partial charge is 0.445 e. The number of aromatic nitrogens is 1. The number of anilines is 1. The van der Waals surface area contributed by atoms with E-state index in [1.54, 1.807) is 31.2 Å². The maximum Gasteiger partial charge on any atom is 0.181 e. The van der Waals surface area contributed by atoms with Gasteiger partial charge in [0.05, 0.1) is 5.69 Å². The summed E-state index contributed by atoms with van der Waals surface area (Å²) in [5.41, 5.74) is 7.63. The molecule has 1 heterocycles. The van der Waals surface area contributed by atoms with Crippen LogP contribution in [0, 0.1) is 6.92 Å². The Balaban J connectivity index is 2.36. The quantitative estimate of drug-likeness (QED) is 0.729. The zero-order chi connectivity index (χ0) is 10.8. The fraction of sp³-hybridized carbons (Fsp3) is 0.182. The fourth-order valence-electron chi connectivity index (χ4n) is 1.45. The second-order valence-corrected chi connectivity index (χ2v) is 3.37. The average Bonchev–Trinajstić information content (AvgIpc) is 2.63. The number of aliphatic hydroxyl groups excluding tert-OH is 1. The van der Waals surface area contributed by atoms with Gasteiger partial charge in [-0.25, -0.2) is 4.98 Å². The third-order valence-corrected chi connectivity index (χ3v) is 2.26. The fourth-order valence-corrected chi connectivity index (χ4v) is 1.45. The van der Waals surface area contributed by atoms with Crippen molar-refractivity contribution in [3.8, 4) is 0 Å². The molecule has 0 aliphatic heterocycles. The van der Waals surface area contributed by atoms with Gasteiger partial charge in [-0.15, -0.1) is 0 Å². The first kappa shape index (κ1) is 9.73. The monoisotopic (exact) mass is 204 g/mol. The van der Waals surface area contributed by atoms with E-state index in [0.29, 0.717) is 22.7 Å². The summed E-state index contributed by atoms with van der Waals surface area (Å²) in [5, 5.41) is 10.00. The summed E-state index contributed by atoms with van der Waals surface area (Å²) in [7, 11) is 0. The molecule has 0 bridgehead atoms. The van der Waals surface area contributed by atoms with Crippen molar-refractivity contribution < 1.29 is 9.52 Å². The van der Waals surface area contributed by atoms with Crippen LogP contribution in [-0.2, 0) is 0 Å². The van der Waals surface area contributed by atoms with Crippen LogP contribution in [-0.4, -0.2) is 10.1 Å². The zero-order valence-electron chi connectivity index (χ0n) is 8.34. The predicted octanol–water partition coefficient (Wildman–Crippen LogP) is 1.65. The van der Waals surface area contributed by atoms with Gasteiger partial charge in [-0.2, -0.15) is 0 Å². The lowest BCUT2D eigenvalue weighted by atomic mass is 10.1. The van der Waals surface area contributed by atoms with Crippen molar-refractivity contribution in [2.24, 2.45) is 0 Å². The molecule has 0 aliphatic rings. The molecule has 1 atom stereocenters. The maximum atomic E-state index is 10.00. The van der Waals surface area contributed by atoms with Crippen molar-refractivity contribution in [2.45, 2.75) is 13.0 Å². The van der Waals surface area contributed by atoms with Gasteiger partial charge in [0.15, 0.2) is 12.2 Å². The van der Waals surface area contributed by atoms with E-state index in [-0.39, 0.29) is 0 Å². The third-order valence-electron chi connectivity index (χ3n) is 2.26.